The zero-order valence-electron chi connectivity index (χ0n) is 10.7. The van der Waals surface area contributed by atoms with Crippen molar-refractivity contribution in [3.63, 3.8) is 0 Å². The van der Waals surface area contributed by atoms with Gasteiger partial charge in [0.05, 0.1) is 0 Å². The summed E-state index contributed by atoms with van der Waals surface area (Å²) in [5, 5.41) is 0. The molecule has 0 spiro atoms. The molecule has 0 radical (unpaired) electrons. The highest BCUT2D eigenvalue weighted by molar-refractivity contribution is 6.32. The van der Waals surface area contributed by atoms with E-state index in [1.54, 1.807) is 20.8 Å². The molecule has 0 aliphatic rings. The third-order valence-electron chi connectivity index (χ3n) is 1.99. The Labute approximate surface area is 105 Å². The van der Waals surface area contributed by atoms with Gasteiger partial charge in [-0.15, -0.1) is 6.58 Å². The molecule has 6 heteroatoms. The Kier molecular flexibility index (Phi) is 6.22. The number of carbonyl (C=O) groups excluding carboxylic acids is 2. The van der Waals surface area contributed by atoms with Crippen LogP contribution in [0.3, 0.4) is 0 Å². The number of halogens is 2. The number of hydrogen-bond acceptors (Lipinski definition) is 3. The fourth-order valence-corrected chi connectivity index (χ4v) is 1.14. The maximum absolute atomic E-state index is 11.8. The molecule has 102 valence electrons. The minimum absolute atomic E-state index is 0.171. The van der Waals surface area contributed by atoms with Crippen molar-refractivity contribution in [3.8, 4) is 0 Å². The summed E-state index contributed by atoms with van der Waals surface area (Å²) < 4.78 is 27.8. The monoisotopic (exact) mass is 261 g/mol. The molecule has 0 aromatic rings. The van der Waals surface area contributed by atoms with Gasteiger partial charge in [0.25, 0.3) is 6.08 Å². The summed E-state index contributed by atoms with van der Waals surface area (Å²) in [7, 11) is 0. The molecule has 0 aromatic heterocycles. The smallest absolute Gasteiger partial charge is 0.397 e. The van der Waals surface area contributed by atoms with Crippen molar-refractivity contribution in [3.05, 3.63) is 24.8 Å². The van der Waals surface area contributed by atoms with Crippen LogP contribution in [0.15, 0.2) is 24.8 Å². The van der Waals surface area contributed by atoms with E-state index in [9.17, 15) is 18.4 Å². The molecule has 0 aromatic carbocycles. The molecule has 1 amide bonds. The first-order valence-electron chi connectivity index (χ1n) is 5.31. The first kappa shape index (κ1) is 16.3. The zero-order valence-corrected chi connectivity index (χ0v) is 10.7. The Morgan fingerprint density at radius 1 is 1.33 bits per heavy atom. The fourth-order valence-electron chi connectivity index (χ4n) is 1.14. The maximum atomic E-state index is 11.8. The molecule has 0 aliphatic carbocycles. The van der Waals surface area contributed by atoms with Crippen LogP contribution < -0.4 is 0 Å². The van der Waals surface area contributed by atoms with E-state index in [1.165, 1.54) is 11.0 Å². The minimum Gasteiger partial charge on any atom is -0.454 e. The molecule has 0 saturated heterocycles. The second-order valence-electron chi connectivity index (χ2n) is 4.47. The van der Waals surface area contributed by atoms with Gasteiger partial charge in [-0.1, -0.05) is 6.08 Å². The van der Waals surface area contributed by atoms with E-state index in [0.717, 1.165) is 0 Å². The van der Waals surface area contributed by atoms with E-state index in [0.29, 0.717) is 6.08 Å². The molecule has 0 aliphatic heterocycles. The summed E-state index contributed by atoms with van der Waals surface area (Å²) in [4.78, 5) is 24.4. The van der Waals surface area contributed by atoms with Gasteiger partial charge in [0, 0.05) is 18.2 Å². The van der Waals surface area contributed by atoms with E-state index in [-0.39, 0.29) is 6.54 Å². The zero-order chi connectivity index (χ0) is 14.3. The van der Waals surface area contributed by atoms with Crippen LogP contribution in [0.2, 0.25) is 0 Å². The Morgan fingerprint density at radius 2 is 1.89 bits per heavy atom. The van der Waals surface area contributed by atoms with E-state index in [1.807, 2.05) is 0 Å². The largest absolute Gasteiger partial charge is 0.454 e. The van der Waals surface area contributed by atoms with Crippen LogP contribution in [0.25, 0.3) is 0 Å². The number of esters is 1. The Bertz CT molecular complexity index is 355. The van der Waals surface area contributed by atoms with E-state index in [4.69, 9.17) is 0 Å². The highest BCUT2D eigenvalue weighted by atomic mass is 19.3. The lowest BCUT2D eigenvalue weighted by Gasteiger charge is -2.33. The van der Waals surface area contributed by atoms with E-state index < -0.39 is 30.1 Å². The third kappa shape index (κ3) is 5.56. The van der Waals surface area contributed by atoms with Crippen LogP contribution in [-0.4, -0.2) is 35.5 Å². The third-order valence-corrected chi connectivity index (χ3v) is 1.99. The lowest BCUT2D eigenvalue weighted by molar-refractivity contribution is -0.161. The Balaban J connectivity index is 4.63. The van der Waals surface area contributed by atoms with Crippen molar-refractivity contribution in [1.82, 2.24) is 4.90 Å². The highest BCUT2D eigenvalue weighted by Gasteiger charge is 2.30. The van der Waals surface area contributed by atoms with Crippen molar-refractivity contribution < 1.29 is 23.1 Å². The quantitative estimate of drug-likeness (QED) is 0.442. The van der Waals surface area contributed by atoms with Crippen LogP contribution in [0.1, 0.15) is 20.8 Å². The molecule has 0 N–H and O–H groups in total. The predicted octanol–water partition coefficient (Wildman–Crippen LogP) is 2.12. The Hall–Kier alpha value is -1.72. The van der Waals surface area contributed by atoms with Crippen molar-refractivity contribution in [2.45, 2.75) is 26.3 Å². The molecule has 0 bridgehead atoms. The summed E-state index contributed by atoms with van der Waals surface area (Å²) in [6.45, 7) is 8.25. The standard InChI is InChI=1S/C12H17F2NO3/c1-5-7-15(12(2,3)4)10(16)11(17)18-8-6-9(13)14/h5-6H,1,7-8H2,2-4H3. The summed E-state index contributed by atoms with van der Waals surface area (Å²) in [6.07, 6.45) is -0.0773. The number of amides is 1. The summed E-state index contributed by atoms with van der Waals surface area (Å²) in [6, 6.07) is 0. The van der Waals surface area contributed by atoms with Crippen molar-refractivity contribution in [2.24, 2.45) is 0 Å². The van der Waals surface area contributed by atoms with Crippen LogP contribution in [0, 0.1) is 0 Å². The average molecular weight is 261 g/mol. The van der Waals surface area contributed by atoms with Crippen molar-refractivity contribution >= 4 is 11.9 Å². The molecule has 0 rings (SSSR count). The van der Waals surface area contributed by atoms with Crippen LogP contribution in [-0.2, 0) is 14.3 Å². The van der Waals surface area contributed by atoms with Crippen LogP contribution in [0.5, 0.6) is 0 Å². The summed E-state index contributed by atoms with van der Waals surface area (Å²) >= 11 is 0. The van der Waals surface area contributed by atoms with E-state index >= 15 is 0 Å². The minimum atomic E-state index is -1.96. The number of nitrogens with zero attached hydrogens (tertiary/aromatic N) is 1. The maximum Gasteiger partial charge on any atom is 0.397 e. The SMILES string of the molecule is C=CCN(C(=O)C(=O)OCC=C(F)F)C(C)(C)C. The highest BCUT2D eigenvalue weighted by Crippen LogP contribution is 2.13. The van der Waals surface area contributed by atoms with Gasteiger partial charge in [-0.2, -0.15) is 8.78 Å². The second kappa shape index (κ2) is 6.88. The van der Waals surface area contributed by atoms with Crippen molar-refractivity contribution in [1.29, 1.82) is 0 Å². The van der Waals surface area contributed by atoms with Gasteiger partial charge in [0.1, 0.15) is 6.61 Å². The molecular weight excluding hydrogens is 244 g/mol. The fraction of sp³-hybridized carbons (Fsp3) is 0.500. The topological polar surface area (TPSA) is 46.6 Å². The second-order valence-corrected chi connectivity index (χ2v) is 4.47. The van der Waals surface area contributed by atoms with Crippen LogP contribution >= 0.6 is 0 Å². The van der Waals surface area contributed by atoms with Gasteiger partial charge in [0.15, 0.2) is 0 Å². The number of carbonyl (C=O) groups is 2. The summed E-state index contributed by atoms with van der Waals surface area (Å²) in [5.74, 6) is -2.04. The van der Waals surface area contributed by atoms with Gasteiger partial charge < -0.3 is 9.64 Å². The molecule has 0 heterocycles. The Morgan fingerprint density at radius 3 is 2.28 bits per heavy atom. The number of hydrogen-bond donors (Lipinski definition) is 0. The first-order valence-corrected chi connectivity index (χ1v) is 5.31. The molecule has 0 saturated carbocycles. The molecular formula is C12H17F2NO3. The number of ether oxygens (including phenoxy) is 1. The summed E-state index contributed by atoms with van der Waals surface area (Å²) in [5.41, 5.74) is -0.592. The van der Waals surface area contributed by atoms with Gasteiger partial charge in [-0.3, -0.25) is 4.79 Å². The van der Waals surface area contributed by atoms with Gasteiger partial charge in [-0.25, -0.2) is 4.79 Å². The van der Waals surface area contributed by atoms with Crippen LogP contribution in [0.4, 0.5) is 8.78 Å². The van der Waals surface area contributed by atoms with Gasteiger partial charge in [0.2, 0.25) is 0 Å². The van der Waals surface area contributed by atoms with Gasteiger partial charge >= 0.3 is 11.9 Å². The first-order chi connectivity index (χ1) is 8.20. The van der Waals surface area contributed by atoms with Gasteiger partial charge in [-0.05, 0) is 20.8 Å². The normalized spacial score (nSPS) is 10.5. The molecule has 0 atom stereocenters. The van der Waals surface area contributed by atoms with Crippen molar-refractivity contribution in [2.75, 3.05) is 13.2 Å². The molecule has 4 nitrogen and oxygen atoms in total. The lowest BCUT2D eigenvalue weighted by atomic mass is 10.1. The predicted molar refractivity (Wildman–Crippen MR) is 62.9 cm³/mol. The number of rotatable bonds is 4. The average Bonchev–Trinajstić information content (AvgIpc) is 2.22. The van der Waals surface area contributed by atoms with E-state index in [2.05, 4.69) is 11.3 Å². The molecule has 18 heavy (non-hydrogen) atoms. The lowest BCUT2D eigenvalue weighted by Crippen LogP contribution is -2.49. The molecule has 0 fully saturated rings. The molecule has 0 unspecified atom stereocenters.